The average Bonchev–Trinajstić information content (AvgIpc) is 2.91. The largest absolute Gasteiger partial charge is 0.497 e. The van der Waals surface area contributed by atoms with E-state index in [0.29, 0.717) is 24.5 Å². The van der Waals surface area contributed by atoms with Crippen molar-refractivity contribution in [2.45, 2.75) is 38.8 Å². The molecule has 0 spiro atoms. The lowest BCUT2D eigenvalue weighted by atomic mass is 10.0. The number of unbranched alkanes of at least 4 members (excludes halogenated alkanes) is 1. The maximum Gasteiger partial charge on any atom is 0.261 e. The van der Waals surface area contributed by atoms with Gasteiger partial charge in [-0.05, 0) is 53.9 Å². The molecular weight excluding hydrogens is 520 g/mol. The van der Waals surface area contributed by atoms with E-state index in [2.05, 4.69) is 28.2 Å². The average molecular weight is 553 g/mol. The summed E-state index contributed by atoms with van der Waals surface area (Å²) in [6, 6.07) is 23.9. The molecule has 3 rings (SSSR count). The van der Waals surface area contributed by atoms with E-state index in [1.165, 1.54) is 0 Å². The second-order valence-electron chi connectivity index (χ2n) is 8.46. The van der Waals surface area contributed by atoms with Gasteiger partial charge in [0.25, 0.3) is 5.91 Å². The normalized spacial score (nSPS) is 11.4. The number of hydrogen-bond acceptors (Lipinski definition) is 4. The number of amides is 2. The van der Waals surface area contributed by atoms with Crippen LogP contribution in [-0.4, -0.2) is 43.0 Å². The Morgan fingerprint density at radius 3 is 2.22 bits per heavy atom. The van der Waals surface area contributed by atoms with Crippen LogP contribution in [0.3, 0.4) is 0 Å². The van der Waals surface area contributed by atoms with Crippen LogP contribution in [0.1, 0.15) is 30.9 Å². The zero-order valence-electron chi connectivity index (χ0n) is 20.8. The molecule has 3 aromatic carbocycles. The second kappa shape index (κ2) is 14.3. The Morgan fingerprint density at radius 1 is 0.917 bits per heavy atom. The molecule has 0 aliphatic carbocycles. The molecule has 3 aromatic rings. The zero-order chi connectivity index (χ0) is 25.8. The molecule has 7 heteroatoms. The quantitative estimate of drug-likeness (QED) is 0.288. The van der Waals surface area contributed by atoms with Crippen molar-refractivity contribution in [2.75, 3.05) is 20.3 Å². The van der Waals surface area contributed by atoms with Gasteiger partial charge in [0, 0.05) is 24.0 Å². The monoisotopic (exact) mass is 552 g/mol. The summed E-state index contributed by atoms with van der Waals surface area (Å²) in [6.07, 6.45) is 2.26. The summed E-state index contributed by atoms with van der Waals surface area (Å²) in [6.45, 7) is 2.75. The number of methoxy groups -OCH3 is 1. The summed E-state index contributed by atoms with van der Waals surface area (Å²) in [5, 5.41) is 3.03. The van der Waals surface area contributed by atoms with Crippen LogP contribution in [0.25, 0.3) is 0 Å². The predicted octanol–water partition coefficient (Wildman–Crippen LogP) is 5.39. The number of hydrogen-bond donors (Lipinski definition) is 1. The number of ether oxygens (including phenoxy) is 2. The minimum Gasteiger partial charge on any atom is -0.497 e. The van der Waals surface area contributed by atoms with Crippen molar-refractivity contribution in [3.63, 3.8) is 0 Å². The Bertz CT molecular complexity index is 1090. The van der Waals surface area contributed by atoms with Gasteiger partial charge in [-0.3, -0.25) is 9.59 Å². The van der Waals surface area contributed by atoms with E-state index in [9.17, 15) is 9.59 Å². The van der Waals surface area contributed by atoms with Crippen molar-refractivity contribution < 1.29 is 19.1 Å². The van der Waals surface area contributed by atoms with Gasteiger partial charge in [0.05, 0.1) is 7.11 Å². The number of halogens is 1. The molecule has 0 heterocycles. The summed E-state index contributed by atoms with van der Waals surface area (Å²) >= 11 is 3.46. The van der Waals surface area contributed by atoms with Crippen LogP contribution in [0.5, 0.6) is 11.5 Å². The number of carbonyl (C=O) groups excluding carboxylic acids is 2. The molecule has 190 valence electrons. The van der Waals surface area contributed by atoms with E-state index in [-0.39, 0.29) is 25.0 Å². The zero-order valence-corrected chi connectivity index (χ0v) is 22.4. The lowest BCUT2D eigenvalue weighted by molar-refractivity contribution is -0.142. The Hall–Kier alpha value is -3.32. The van der Waals surface area contributed by atoms with Gasteiger partial charge in [0.1, 0.15) is 17.5 Å². The number of benzene rings is 3. The van der Waals surface area contributed by atoms with E-state index in [1.807, 2.05) is 54.6 Å². The lowest BCUT2D eigenvalue weighted by Crippen LogP contribution is -2.51. The third-order valence-electron chi connectivity index (χ3n) is 5.79. The van der Waals surface area contributed by atoms with Gasteiger partial charge in [0.2, 0.25) is 5.91 Å². The molecule has 0 unspecified atom stereocenters. The maximum atomic E-state index is 13.6. The number of nitrogens with zero attached hydrogens (tertiary/aromatic N) is 1. The van der Waals surface area contributed by atoms with Gasteiger partial charge < -0.3 is 19.7 Å². The fourth-order valence-electron chi connectivity index (χ4n) is 3.75. The SMILES string of the molecule is CCCCNC(=O)[C@@H](Cc1ccccc1)N(Cc1ccc(Br)cc1)C(=O)COc1ccc(OC)cc1. The first-order chi connectivity index (χ1) is 17.5. The molecule has 6 nitrogen and oxygen atoms in total. The van der Waals surface area contributed by atoms with Crippen molar-refractivity contribution in [1.29, 1.82) is 0 Å². The molecule has 0 saturated heterocycles. The highest BCUT2D eigenvalue weighted by atomic mass is 79.9. The van der Waals surface area contributed by atoms with Crippen molar-refractivity contribution in [3.05, 3.63) is 94.5 Å². The minimum absolute atomic E-state index is 0.165. The number of carbonyl (C=O) groups is 2. The predicted molar refractivity (Wildman–Crippen MR) is 145 cm³/mol. The van der Waals surface area contributed by atoms with Gasteiger partial charge in [-0.2, -0.15) is 0 Å². The Balaban J connectivity index is 1.85. The molecule has 0 aliphatic heterocycles. The minimum atomic E-state index is -0.681. The van der Waals surface area contributed by atoms with Gasteiger partial charge in [-0.15, -0.1) is 0 Å². The van der Waals surface area contributed by atoms with Crippen LogP contribution in [-0.2, 0) is 22.6 Å². The second-order valence-corrected chi connectivity index (χ2v) is 9.38. The summed E-state index contributed by atoms with van der Waals surface area (Å²) in [5.41, 5.74) is 1.91. The first kappa shape index (κ1) is 27.3. The Labute approximate surface area is 221 Å². The molecule has 0 aromatic heterocycles. The smallest absolute Gasteiger partial charge is 0.261 e. The van der Waals surface area contributed by atoms with Gasteiger partial charge in [-0.25, -0.2) is 0 Å². The van der Waals surface area contributed by atoms with Crippen LogP contribution in [0, 0.1) is 0 Å². The van der Waals surface area contributed by atoms with Crippen LogP contribution >= 0.6 is 15.9 Å². The van der Waals surface area contributed by atoms with Crippen LogP contribution in [0.15, 0.2) is 83.3 Å². The van der Waals surface area contributed by atoms with Crippen molar-refractivity contribution in [1.82, 2.24) is 10.2 Å². The molecule has 0 aliphatic rings. The van der Waals surface area contributed by atoms with Crippen molar-refractivity contribution >= 4 is 27.7 Å². The molecule has 2 amide bonds. The van der Waals surface area contributed by atoms with Crippen LogP contribution < -0.4 is 14.8 Å². The maximum absolute atomic E-state index is 13.6. The highest BCUT2D eigenvalue weighted by Gasteiger charge is 2.30. The van der Waals surface area contributed by atoms with Gasteiger partial charge in [-0.1, -0.05) is 71.7 Å². The van der Waals surface area contributed by atoms with Crippen LogP contribution in [0.4, 0.5) is 0 Å². The highest BCUT2D eigenvalue weighted by Crippen LogP contribution is 2.19. The topological polar surface area (TPSA) is 67.9 Å². The molecule has 0 radical (unpaired) electrons. The molecule has 36 heavy (non-hydrogen) atoms. The Morgan fingerprint density at radius 2 is 1.58 bits per heavy atom. The fraction of sp³-hybridized carbons (Fsp3) is 0.310. The number of nitrogens with one attached hydrogen (secondary N) is 1. The molecule has 0 saturated carbocycles. The third-order valence-corrected chi connectivity index (χ3v) is 6.32. The number of rotatable bonds is 13. The van der Waals surface area contributed by atoms with Crippen molar-refractivity contribution in [2.24, 2.45) is 0 Å². The van der Waals surface area contributed by atoms with E-state index in [0.717, 1.165) is 28.4 Å². The Kier molecular flexibility index (Phi) is 10.8. The lowest BCUT2D eigenvalue weighted by Gasteiger charge is -2.31. The molecule has 1 N–H and O–H groups in total. The van der Waals surface area contributed by atoms with Gasteiger partial charge in [0.15, 0.2) is 6.61 Å². The van der Waals surface area contributed by atoms with Gasteiger partial charge >= 0.3 is 0 Å². The molecule has 0 bridgehead atoms. The summed E-state index contributed by atoms with van der Waals surface area (Å²) < 4.78 is 11.9. The first-order valence-corrected chi connectivity index (χ1v) is 12.9. The molecule has 1 atom stereocenters. The summed E-state index contributed by atoms with van der Waals surface area (Å²) in [5.74, 6) is 0.833. The third kappa shape index (κ3) is 8.41. The fourth-order valence-corrected chi connectivity index (χ4v) is 4.01. The highest BCUT2D eigenvalue weighted by molar-refractivity contribution is 9.10. The van der Waals surface area contributed by atoms with E-state index < -0.39 is 6.04 Å². The molecule has 0 fully saturated rings. The van der Waals surface area contributed by atoms with Crippen LogP contribution in [0.2, 0.25) is 0 Å². The first-order valence-electron chi connectivity index (χ1n) is 12.1. The molecular formula is C29H33BrN2O4. The standard InChI is InChI=1S/C29H33BrN2O4/c1-3-4-18-31-29(34)27(19-22-8-6-5-7-9-22)32(20-23-10-12-24(30)13-11-23)28(33)21-36-26-16-14-25(35-2)15-17-26/h5-17,27H,3-4,18-21H2,1-2H3,(H,31,34)/t27-/m1/s1. The summed E-state index contributed by atoms with van der Waals surface area (Å²) in [4.78, 5) is 28.6. The van der Waals surface area contributed by atoms with E-state index in [1.54, 1.807) is 36.3 Å². The summed E-state index contributed by atoms with van der Waals surface area (Å²) in [7, 11) is 1.60. The van der Waals surface area contributed by atoms with E-state index in [4.69, 9.17) is 9.47 Å². The van der Waals surface area contributed by atoms with Crippen molar-refractivity contribution in [3.8, 4) is 11.5 Å². The van der Waals surface area contributed by atoms with E-state index >= 15 is 0 Å².